The van der Waals surface area contributed by atoms with Crippen molar-refractivity contribution in [3.63, 3.8) is 0 Å². The average Bonchev–Trinajstić information content (AvgIpc) is 3.01. The van der Waals surface area contributed by atoms with Crippen LogP contribution in [0, 0.1) is 17.3 Å². The average molecular weight is 515 g/mol. The van der Waals surface area contributed by atoms with Crippen LogP contribution in [0.5, 0.6) is 11.5 Å². The van der Waals surface area contributed by atoms with E-state index in [2.05, 4.69) is 86.8 Å². The zero-order valence-electron chi connectivity index (χ0n) is 24.4. The Morgan fingerprint density at radius 3 is 1.91 bits per heavy atom. The van der Waals surface area contributed by atoms with Crippen molar-refractivity contribution in [2.24, 2.45) is 17.3 Å². The Kier molecular flexibility index (Phi) is 6.53. The van der Waals surface area contributed by atoms with Gasteiger partial charge in [0.1, 0.15) is 17.3 Å². The minimum absolute atomic E-state index is 0.0788. The third kappa shape index (κ3) is 4.58. The highest BCUT2D eigenvalue weighted by Gasteiger charge is 2.55. The highest BCUT2D eigenvalue weighted by Crippen LogP contribution is 2.60. The van der Waals surface area contributed by atoms with E-state index in [-0.39, 0.29) is 15.5 Å². The van der Waals surface area contributed by atoms with E-state index in [1.807, 2.05) is 0 Å². The summed E-state index contributed by atoms with van der Waals surface area (Å²) in [7, 11) is -4.05. The van der Waals surface area contributed by atoms with Crippen LogP contribution in [0.1, 0.15) is 97.6 Å². The van der Waals surface area contributed by atoms with Crippen molar-refractivity contribution in [1.29, 1.82) is 0 Å². The van der Waals surface area contributed by atoms with Gasteiger partial charge in [-0.1, -0.05) is 48.5 Å². The molecule has 0 N–H and O–H groups in total. The van der Waals surface area contributed by atoms with Crippen molar-refractivity contribution in [2.45, 2.75) is 129 Å². The Bertz CT molecular complexity index is 998. The lowest BCUT2D eigenvalue weighted by Gasteiger charge is -2.48. The molecule has 0 bridgehead atoms. The van der Waals surface area contributed by atoms with Crippen molar-refractivity contribution in [1.82, 2.24) is 0 Å². The molecule has 5 heteroatoms. The van der Waals surface area contributed by atoms with Gasteiger partial charge in [0, 0.05) is 11.8 Å². The highest BCUT2D eigenvalue weighted by atomic mass is 28.4. The van der Waals surface area contributed by atoms with Crippen LogP contribution in [0.25, 0.3) is 0 Å². The van der Waals surface area contributed by atoms with Gasteiger partial charge in [0.25, 0.3) is 16.6 Å². The maximum Gasteiger partial charge on any atom is 0.250 e. The normalized spacial score (nSPS) is 29.3. The van der Waals surface area contributed by atoms with Crippen LogP contribution in [0.15, 0.2) is 12.1 Å². The summed E-state index contributed by atoms with van der Waals surface area (Å²) >= 11 is 0. The molecule has 2 saturated carbocycles. The van der Waals surface area contributed by atoms with E-state index in [1.54, 1.807) is 0 Å². The summed E-state index contributed by atoms with van der Waals surface area (Å²) in [6, 6.07) is 4.73. The number of hydrogen-bond donors (Lipinski definition) is 0. The number of hydrogen-bond acceptors (Lipinski definition) is 3. The number of ketones is 1. The molecule has 0 spiro atoms. The highest BCUT2D eigenvalue weighted by molar-refractivity contribution is 6.75. The maximum atomic E-state index is 12.8. The first-order valence-corrected chi connectivity index (χ1v) is 19.8. The van der Waals surface area contributed by atoms with Gasteiger partial charge in [0.15, 0.2) is 0 Å². The Balaban J connectivity index is 1.77. The fraction of sp³-hybridized carbons (Fsp3) is 0.767. The van der Waals surface area contributed by atoms with Gasteiger partial charge in [-0.2, -0.15) is 0 Å². The van der Waals surface area contributed by atoms with Crippen LogP contribution in [-0.4, -0.2) is 22.4 Å². The van der Waals surface area contributed by atoms with Crippen molar-refractivity contribution in [3.8, 4) is 11.5 Å². The topological polar surface area (TPSA) is 35.5 Å². The van der Waals surface area contributed by atoms with Gasteiger partial charge in [-0.05, 0) is 109 Å². The number of Topliss-reactive ketones (excluding diaryl/α,β-unsaturated/α-hetero) is 1. The van der Waals surface area contributed by atoms with Gasteiger partial charge in [0.2, 0.25) is 0 Å². The molecular weight excluding hydrogens is 464 g/mol. The number of carbonyl (C=O) groups excluding carboxylic acids is 1. The first kappa shape index (κ1) is 27.0. The molecule has 1 aromatic carbocycles. The third-order valence-corrected chi connectivity index (χ3v) is 19.5. The summed E-state index contributed by atoms with van der Waals surface area (Å²) in [5.41, 5.74) is 2.86. The molecule has 0 radical (unpaired) electrons. The molecule has 4 atom stereocenters. The van der Waals surface area contributed by atoms with Crippen molar-refractivity contribution >= 4 is 22.4 Å². The van der Waals surface area contributed by atoms with Crippen LogP contribution in [0.4, 0.5) is 0 Å². The van der Waals surface area contributed by atoms with E-state index in [1.165, 1.54) is 17.5 Å². The number of rotatable bonds is 4. The van der Waals surface area contributed by atoms with Crippen molar-refractivity contribution < 1.29 is 13.6 Å². The number of benzene rings is 1. The number of carbonyl (C=O) groups is 1. The molecule has 35 heavy (non-hydrogen) atoms. The van der Waals surface area contributed by atoms with Gasteiger partial charge in [0.05, 0.1) is 0 Å². The monoisotopic (exact) mass is 514 g/mol. The molecular formula is C30H50O3Si2. The van der Waals surface area contributed by atoms with Crippen LogP contribution in [-0.2, 0) is 11.2 Å². The summed E-state index contributed by atoms with van der Waals surface area (Å²) in [6.45, 7) is 25.4. The van der Waals surface area contributed by atoms with E-state index < -0.39 is 16.6 Å². The van der Waals surface area contributed by atoms with Crippen molar-refractivity contribution in [3.05, 3.63) is 23.3 Å². The van der Waals surface area contributed by atoms with Gasteiger partial charge < -0.3 is 8.85 Å². The predicted molar refractivity (Wildman–Crippen MR) is 152 cm³/mol. The van der Waals surface area contributed by atoms with Crippen LogP contribution in [0.3, 0.4) is 0 Å². The molecule has 0 aromatic heterocycles. The molecule has 0 unspecified atom stereocenters. The van der Waals surface area contributed by atoms with Gasteiger partial charge in [-0.15, -0.1) is 0 Å². The molecule has 0 saturated heterocycles. The molecule has 196 valence electrons. The van der Waals surface area contributed by atoms with E-state index in [0.29, 0.717) is 23.5 Å². The molecule has 3 nitrogen and oxygen atoms in total. The first-order valence-electron chi connectivity index (χ1n) is 14.0. The smallest absolute Gasteiger partial charge is 0.250 e. The fourth-order valence-electron chi connectivity index (χ4n) is 6.36. The van der Waals surface area contributed by atoms with Crippen LogP contribution in [0.2, 0.25) is 36.3 Å². The fourth-order valence-corrected chi connectivity index (χ4v) is 8.40. The quantitative estimate of drug-likeness (QED) is 0.376. The number of aryl methyl sites for hydroxylation is 1. The van der Waals surface area contributed by atoms with Gasteiger partial charge in [-0.3, -0.25) is 4.79 Å². The van der Waals surface area contributed by atoms with E-state index in [0.717, 1.165) is 43.6 Å². The minimum atomic E-state index is -2.04. The maximum absolute atomic E-state index is 12.8. The molecule has 3 aliphatic rings. The van der Waals surface area contributed by atoms with Gasteiger partial charge in [-0.25, -0.2) is 0 Å². The van der Waals surface area contributed by atoms with Gasteiger partial charge >= 0.3 is 0 Å². The Morgan fingerprint density at radius 2 is 1.37 bits per heavy atom. The molecule has 0 aliphatic heterocycles. The summed E-state index contributed by atoms with van der Waals surface area (Å²) in [4.78, 5) is 12.8. The SMILES string of the molecule is CC(C)(C)[Si](C)(C)Oc1cc2c(cc1O[Si](C)(C)C(C)(C)C)[C@H]1CC[C@]3(C)C(=O)CC[C@H]3[C@@H]1CC2. The molecule has 2 fully saturated rings. The summed E-state index contributed by atoms with van der Waals surface area (Å²) < 4.78 is 14.0. The standard InChI is InChI=1S/C30H50O3Si2/c1-28(2,3)34(8,9)32-25-18-20-12-13-22-21(16-17-30(7)24(22)14-15-27(30)31)23(20)19-26(25)33-35(10,11)29(4,5)6/h18-19,21-22,24H,12-17H2,1-11H3/t21-,22+,24-,30-/m0/s1. The second kappa shape index (κ2) is 8.47. The molecule has 0 amide bonds. The zero-order valence-corrected chi connectivity index (χ0v) is 26.4. The largest absolute Gasteiger partial charge is 0.541 e. The van der Waals surface area contributed by atoms with Crippen molar-refractivity contribution in [2.75, 3.05) is 0 Å². The molecule has 4 rings (SSSR count). The second-order valence-corrected chi connectivity index (χ2v) is 24.5. The zero-order chi connectivity index (χ0) is 26.2. The lowest BCUT2D eigenvalue weighted by Crippen LogP contribution is -2.46. The molecule has 1 aromatic rings. The first-order chi connectivity index (χ1) is 15.9. The predicted octanol–water partition coefficient (Wildman–Crippen LogP) is 8.88. The van der Waals surface area contributed by atoms with Crippen LogP contribution >= 0.6 is 0 Å². The van der Waals surface area contributed by atoms with E-state index in [4.69, 9.17) is 8.85 Å². The lowest BCUT2D eigenvalue weighted by atomic mass is 9.55. The van der Waals surface area contributed by atoms with E-state index in [9.17, 15) is 4.79 Å². The summed E-state index contributed by atoms with van der Waals surface area (Å²) in [5, 5.41) is 0.252. The summed E-state index contributed by atoms with van der Waals surface area (Å²) in [6.07, 6.45) is 6.33. The molecule has 0 heterocycles. The second-order valence-electron chi connectivity index (χ2n) is 15.1. The third-order valence-electron chi connectivity index (χ3n) is 10.8. The van der Waals surface area contributed by atoms with Crippen LogP contribution < -0.4 is 8.85 Å². The molecule has 3 aliphatic carbocycles. The lowest BCUT2D eigenvalue weighted by molar-refractivity contribution is -0.129. The summed E-state index contributed by atoms with van der Waals surface area (Å²) in [5.74, 6) is 4.18. The van der Waals surface area contributed by atoms with E-state index >= 15 is 0 Å². The number of fused-ring (bicyclic) bond motifs is 5. The Morgan fingerprint density at radius 1 is 0.829 bits per heavy atom. The Labute approximate surface area is 217 Å². The minimum Gasteiger partial charge on any atom is -0.541 e. The Hall–Kier alpha value is -1.08.